The molecule has 1 N–H and O–H groups in total. The second-order valence-corrected chi connectivity index (χ2v) is 8.74. The van der Waals surface area contributed by atoms with E-state index in [0.717, 1.165) is 50.0 Å². The molecule has 1 fully saturated rings. The standard InChI is InChI=1S/C25H31BrO5/c26-20-17-22(25(27)28)21(16-19-10-6-5-7-11-19)23(18-20)29-13-9-4-2-1-3-8-12-24-30-14-15-31-24/h5-7,10-11,17-18,24H,1-4,8-9,12-16H2,(H,27,28). The van der Waals surface area contributed by atoms with Crippen molar-refractivity contribution in [3.05, 3.63) is 63.6 Å². The Hall–Kier alpha value is -1.89. The SMILES string of the molecule is O=C(O)c1cc(Br)cc(OCCCCCCCCC2OCCO2)c1Cc1ccccc1. The van der Waals surface area contributed by atoms with Crippen LogP contribution < -0.4 is 4.74 Å². The summed E-state index contributed by atoms with van der Waals surface area (Å²) in [5.74, 6) is -0.294. The van der Waals surface area contributed by atoms with Gasteiger partial charge in [0.2, 0.25) is 0 Å². The summed E-state index contributed by atoms with van der Waals surface area (Å²) in [6.07, 6.45) is 8.29. The number of rotatable bonds is 13. The maximum Gasteiger partial charge on any atom is 0.336 e. The Labute approximate surface area is 192 Å². The van der Waals surface area contributed by atoms with Crippen molar-refractivity contribution in [2.75, 3.05) is 19.8 Å². The van der Waals surface area contributed by atoms with E-state index in [4.69, 9.17) is 14.2 Å². The molecule has 6 heteroatoms. The minimum Gasteiger partial charge on any atom is -0.493 e. The summed E-state index contributed by atoms with van der Waals surface area (Å²) < 4.78 is 17.7. The van der Waals surface area contributed by atoms with E-state index in [9.17, 15) is 9.90 Å². The fourth-order valence-corrected chi connectivity index (χ4v) is 4.23. The Bertz CT molecular complexity index is 818. The second kappa shape index (κ2) is 12.8. The van der Waals surface area contributed by atoms with Crippen molar-refractivity contribution >= 4 is 21.9 Å². The van der Waals surface area contributed by atoms with Gasteiger partial charge < -0.3 is 19.3 Å². The van der Waals surface area contributed by atoms with Crippen LogP contribution in [0.2, 0.25) is 0 Å². The Morgan fingerprint density at radius 1 is 1.00 bits per heavy atom. The summed E-state index contributed by atoms with van der Waals surface area (Å²) in [6.45, 7) is 2.04. The average molecular weight is 491 g/mol. The summed E-state index contributed by atoms with van der Waals surface area (Å²) in [5, 5.41) is 9.68. The first kappa shape index (κ1) is 23.8. The first-order valence-corrected chi connectivity index (χ1v) is 11.9. The lowest BCUT2D eigenvalue weighted by molar-refractivity contribution is -0.0480. The molecule has 0 saturated carbocycles. The van der Waals surface area contributed by atoms with E-state index in [1.807, 2.05) is 36.4 Å². The van der Waals surface area contributed by atoms with E-state index < -0.39 is 5.97 Å². The van der Waals surface area contributed by atoms with Crippen molar-refractivity contribution in [2.24, 2.45) is 0 Å². The highest BCUT2D eigenvalue weighted by Gasteiger charge is 2.18. The summed E-state index contributed by atoms with van der Waals surface area (Å²) >= 11 is 3.42. The van der Waals surface area contributed by atoms with E-state index in [-0.39, 0.29) is 11.9 Å². The van der Waals surface area contributed by atoms with Crippen LogP contribution in [0.25, 0.3) is 0 Å². The molecule has 0 aliphatic carbocycles. The highest BCUT2D eigenvalue weighted by Crippen LogP contribution is 2.30. The van der Waals surface area contributed by atoms with Crippen LogP contribution in [0.15, 0.2) is 46.9 Å². The van der Waals surface area contributed by atoms with Gasteiger partial charge in [0.15, 0.2) is 6.29 Å². The molecule has 0 atom stereocenters. The lowest BCUT2D eigenvalue weighted by atomic mass is 9.98. The smallest absolute Gasteiger partial charge is 0.336 e. The molecule has 1 heterocycles. The molecule has 2 aromatic rings. The normalized spacial score (nSPS) is 14.1. The molecular formula is C25H31BrO5. The number of benzene rings is 2. The lowest BCUT2D eigenvalue weighted by Crippen LogP contribution is -2.08. The molecule has 0 amide bonds. The number of carboxylic acid groups (broad SMARTS) is 1. The highest BCUT2D eigenvalue weighted by molar-refractivity contribution is 9.10. The van der Waals surface area contributed by atoms with Gasteiger partial charge in [-0.2, -0.15) is 0 Å². The van der Waals surface area contributed by atoms with Crippen molar-refractivity contribution in [1.29, 1.82) is 0 Å². The van der Waals surface area contributed by atoms with E-state index in [0.29, 0.717) is 23.2 Å². The maximum atomic E-state index is 11.8. The first-order chi connectivity index (χ1) is 15.1. The van der Waals surface area contributed by atoms with Crippen molar-refractivity contribution in [3.8, 4) is 5.75 Å². The molecule has 1 aliphatic heterocycles. The van der Waals surface area contributed by atoms with Crippen molar-refractivity contribution in [1.82, 2.24) is 0 Å². The highest BCUT2D eigenvalue weighted by atomic mass is 79.9. The van der Waals surface area contributed by atoms with Gasteiger partial charge in [0.25, 0.3) is 0 Å². The van der Waals surface area contributed by atoms with Gasteiger partial charge in [0.05, 0.1) is 25.4 Å². The van der Waals surface area contributed by atoms with Crippen molar-refractivity contribution in [2.45, 2.75) is 57.7 Å². The van der Waals surface area contributed by atoms with Crippen LogP contribution in [0.5, 0.6) is 5.75 Å². The van der Waals surface area contributed by atoms with Gasteiger partial charge in [-0.15, -0.1) is 0 Å². The minimum absolute atomic E-state index is 0.0133. The molecule has 31 heavy (non-hydrogen) atoms. The first-order valence-electron chi connectivity index (χ1n) is 11.1. The molecule has 0 unspecified atom stereocenters. The van der Waals surface area contributed by atoms with E-state index >= 15 is 0 Å². The topological polar surface area (TPSA) is 65.0 Å². The third-order valence-corrected chi connectivity index (χ3v) is 5.87. The number of carboxylic acids is 1. The van der Waals surface area contributed by atoms with Gasteiger partial charge in [-0.1, -0.05) is 71.9 Å². The van der Waals surface area contributed by atoms with Crippen LogP contribution >= 0.6 is 15.9 Å². The molecule has 3 rings (SSSR count). The predicted octanol–water partition coefficient (Wildman–Crippen LogP) is 6.22. The molecule has 0 spiro atoms. The van der Waals surface area contributed by atoms with E-state index in [1.165, 1.54) is 19.3 Å². The van der Waals surface area contributed by atoms with Crippen molar-refractivity contribution in [3.63, 3.8) is 0 Å². The van der Waals surface area contributed by atoms with Crippen LogP contribution in [0.3, 0.4) is 0 Å². The quantitative estimate of drug-likeness (QED) is 0.337. The summed E-state index contributed by atoms with van der Waals surface area (Å²) in [6, 6.07) is 13.4. The Balaban J connectivity index is 1.45. The molecule has 0 aromatic heterocycles. The Morgan fingerprint density at radius 3 is 2.39 bits per heavy atom. The van der Waals surface area contributed by atoms with Crippen LogP contribution in [0, 0.1) is 0 Å². The monoisotopic (exact) mass is 490 g/mol. The average Bonchev–Trinajstić information content (AvgIpc) is 3.28. The van der Waals surface area contributed by atoms with Crippen LogP contribution in [-0.2, 0) is 15.9 Å². The molecule has 168 valence electrons. The number of ether oxygens (including phenoxy) is 3. The summed E-state index contributed by atoms with van der Waals surface area (Å²) in [7, 11) is 0. The van der Waals surface area contributed by atoms with Gasteiger partial charge >= 0.3 is 5.97 Å². The number of hydrogen-bond acceptors (Lipinski definition) is 4. The molecule has 2 aromatic carbocycles. The van der Waals surface area contributed by atoms with Gasteiger partial charge in [0.1, 0.15) is 5.75 Å². The number of hydrogen-bond donors (Lipinski definition) is 1. The lowest BCUT2D eigenvalue weighted by Gasteiger charge is -2.15. The summed E-state index contributed by atoms with van der Waals surface area (Å²) in [5.41, 5.74) is 2.06. The Kier molecular flexibility index (Phi) is 9.85. The van der Waals surface area contributed by atoms with Gasteiger partial charge in [-0.3, -0.25) is 0 Å². The van der Waals surface area contributed by atoms with E-state index in [2.05, 4.69) is 15.9 Å². The van der Waals surface area contributed by atoms with Gasteiger partial charge in [-0.05, 0) is 37.0 Å². The molecule has 0 radical (unpaired) electrons. The fourth-order valence-electron chi connectivity index (χ4n) is 3.79. The van der Waals surface area contributed by atoms with Crippen molar-refractivity contribution < 1.29 is 24.1 Å². The minimum atomic E-state index is -0.939. The fraction of sp³-hybridized carbons (Fsp3) is 0.480. The van der Waals surface area contributed by atoms with Gasteiger partial charge in [0, 0.05) is 16.5 Å². The maximum absolute atomic E-state index is 11.8. The third-order valence-electron chi connectivity index (χ3n) is 5.41. The van der Waals surface area contributed by atoms with Gasteiger partial charge in [-0.25, -0.2) is 4.79 Å². The number of carbonyl (C=O) groups is 1. The zero-order valence-electron chi connectivity index (χ0n) is 17.9. The molecule has 1 aliphatic rings. The molecular weight excluding hydrogens is 460 g/mol. The molecule has 5 nitrogen and oxygen atoms in total. The number of aromatic carboxylic acids is 1. The zero-order chi connectivity index (χ0) is 21.9. The Morgan fingerprint density at radius 2 is 1.68 bits per heavy atom. The number of unbranched alkanes of at least 4 members (excludes halogenated alkanes) is 5. The third kappa shape index (κ3) is 7.95. The van der Waals surface area contributed by atoms with E-state index in [1.54, 1.807) is 6.07 Å². The zero-order valence-corrected chi connectivity index (χ0v) is 19.4. The number of halogens is 1. The van der Waals surface area contributed by atoms with Crippen LogP contribution in [0.1, 0.15) is 66.4 Å². The summed E-state index contributed by atoms with van der Waals surface area (Å²) in [4.78, 5) is 11.8. The molecule has 1 saturated heterocycles. The predicted molar refractivity (Wildman–Crippen MR) is 124 cm³/mol. The van der Waals surface area contributed by atoms with Crippen LogP contribution in [0.4, 0.5) is 0 Å². The molecule has 0 bridgehead atoms. The largest absolute Gasteiger partial charge is 0.493 e. The second-order valence-electron chi connectivity index (χ2n) is 7.83. The van der Waals surface area contributed by atoms with Crippen LogP contribution in [-0.4, -0.2) is 37.2 Å².